The van der Waals surface area contributed by atoms with Crippen LogP contribution in [0.1, 0.15) is 37.8 Å². The van der Waals surface area contributed by atoms with Gasteiger partial charge in [0.1, 0.15) is 5.82 Å². The molecule has 3 nitrogen and oxygen atoms in total. The highest BCUT2D eigenvalue weighted by Crippen LogP contribution is 2.35. The van der Waals surface area contributed by atoms with Crippen LogP contribution >= 0.6 is 15.9 Å². The minimum atomic E-state index is -0.306. The van der Waals surface area contributed by atoms with Gasteiger partial charge in [-0.3, -0.25) is 4.79 Å². The molecule has 0 aromatic heterocycles. The molecule has 2 atom stereocenters. The number of hydrogen-bond acceptors (Lipinski definition) is 2. The number of benzene rings is 1. The fourth-order valence-electron chi connectivity index (χ4n) is 2.62. The monoisotopic (exact) mass is 328 g/mol. The highest BCUT2D eigenvalue weighted by Gasteiger charge is 2.35. The third-order valence-electron chi connectivity index (χ3n) is 3.49. The third kappa shape index (κ3) is 2.98. The molecule has 104 valence electrons. The number of amides is 1. The Kier molecular flexibility index (Phi) is 4.58. The summed E-state index contributed by atoms with van der Waals surface area (Å²) >= 11 is 3.43. The number of nitrogens with two attached hydrogens (primary N) is 1. The molecular weight excluding hydrogens is 311 g/mol. The standard InChI is InChI=1S/C14H18BrFN2O/c1-2-7-18-13(19)6-5-12(17)14(18)10-8-9(16)3-4-11(10)15/h3-4,8,12,14H,2,5-7,17H2,1H3. The molecular formula is C14H18BrFN2O. The maximum Gasteiger partial charge on any atom is 0.223 e. The van der Waals surface area contributed by atoms with Gasteiger partial charge >= 0.3 is 0 Å². The Morgan fingerprint density at radius 3 is 2.95 bits per heavy atom. The summed E-state index contributed by atoms with van der Waals surface area (Å²) in [5.74, 6) is -0.204. The minimum Gasteiger partial charge on any atom is -0.334 e. The average Bonchev–Trinajstić information content (AvgIpc) is 2.38. The molecule has 1 aromatic carbocycles. The van der Waals surface area contributed by atoms with Crippen molar-refractivity contribution < 1.29 is 9.18 Å². The third-order valence-corrected chi connectivity index (χ3v) is 4.22. The van der Waals surface area contributed by atoms with E-state index in [0.29, 0.717) is 19.4 Å². The molecule has 5 heteroatoms. The largest absolute Gasteiger partial charge is 0.334 e. The van der Waals surface area contributed by atoms with Crippen LogP contribution in [0.5, 0.6) is 0 Å². The first-order valence-electron chi connectivity index (χ1n) is 6.54. The Hall–Kier alpha value is -0.940. The van der Waals surface area contributed by atoms with Crippen molar-refractivity contribution in [1.29, 1.82) is 0 Å². The van der Waals surface area contributed by atoms with Gasteiger partial charge in [-0.15, -0.1) is 0 Å². The molecule has 1 aromatic rings. The highest BCUT2D eigenvalue weighted by atomic mass is 79.9. The number of halogens is 2. The number of hydrogen-bond donors (Lipinski definition) is 1. The van der Waals surface area contributed by atoms with Gasteiger partial charge in [0, 0.05) is 23.5 Å². The van der Waals surface area contributed by atoms with Crippen LogP contribution in [-0.2, 0) is 4.79 Å². The number of carbonyl (C=O) groups is 1. The minimum absolute atomic E-state index is 0.102. The summed E-state index contributed by atoms with van der Waals surface area (Å²) in [6.45, 7) is 2.67. The quantitative estimate of drug-likeness (QED) is 0.927. The number of carbonyl (C=O) groups excluding carboxylic acids is 1. The molecule has 1 heterocycles. The summed E-state index contributed by atoms with van der Waals surface area (Å²) in [5.41, 5.74) is 6.93. The summed E-state index contributed by atoms with van der Waals surface area (Å²) in [6.07, 6.45) is 1.99. The number of likely N-dealkylation sites (tertiary alicyclic amines) is 1. The van der Waals surface area contributed by atoms with E-state index in [-0.39, 0.29) is 23.8 Å². The molecule has 1 amide bonds. The maximum atomic E-state index is 13.5. The molecule has 0 saturated carbocycles. The first kappa shape index (κ1) is 14.5. The van der Waals surface area contributed by atoms with Crippen molar-refractivity contribution in [1.82, 2.24) is 4.90 Å². The fraction of sp³-hybridized carbons (Fsp3) is 0.500. The maximum absolute atomic E-state index is 13.5. The normalized spacial score (nSPS) is 23.8. The van der Waals surface area contributed by atoms with Crippen molar-refractivity contribution in [2.24, 2.45) is 5.73 Å². The highest BCUT2D eigenvalue weighted by molar-refractivity contribution is 9.10. The van der Waals surface area contributed by atoms with E-state index in [1.54, 1.807) is 11.0 Å². The molecule has 0 radical (unpaired) electrons. The molecule has 0 spiro atoms. The Bertz CT molecular complexity index is 481. The van der Waals surface area contributed by atoms with E-state index in [1.807, 2.05) is 6.92 Å². The van der Waals surface area contributed by atoms with Gasteiger partial charge in [0.15, 0.2) is 0 Å². The molecule has 1 fully saturated rings. The predicted molar refractivity (Wildman–Crippen MR) is 76.1 cm³/mol. The molecule has 2 rings (SSSR count). The van der Waals surface area contributed by atoms with Crippen molar-refractivity contribution in [2.75, 3.05) is 6.54 Å². The Balaban J connectivity index is 2.41. The smallest absolute Gasteiger partial charge is 0.223 e. The van der Waals surface area contributed by atoms with Crippen molar-refractivity contribution in [3.05, 3.63) is 34.1 Å². The first-order valence-corrected chi connectivity index (χ1v) is 7.34. The zero-order chi connectivity index (χ0) is 14.0. The van der Waals surface area contributed by atoms with Crippen LogP contribution in [0.15, 0.2) is 22.7 Å². The Morgan fingerprint density at radius 1 is 1.53 bits per heavy atom. The van der Waals surface area contributed by atoms with E-state index >= 15 is 0 Å². The molecule has 0 bridgehead atoms. The van der Waals surface area contributed by atoms with Crippen LogP contribution in [0.4, 0.5) is 4.39 Å². The molecule has 19 heavy (non-hydrogen) atoms. The zero-order valence-electron chi connectivity index (χ0n) is 10.9. The van der Waals surface area contributed by atoms with E-state index in [1.165, 1.54) is 12.1 Å². The summed E-state index contributed by atoms with van der Waals surface area (Å²) in [5, 5.41) is 0. The summed E-state index contributed by atoms with van der Waals surface area (Å²) in [6, 6.07) is 4.14. The van der Waals surface area contributed by atoms with Crippen molar-refractivity contribution in [2.45, 2.75) is 38.3 Å². The van der Waals surface area contributed by atoms with E-state index in [0.717, 1.165) is 16.5 Å². The topological polar surface area (TPSA) is 46.3 Å². The van der Waals surface area contributed by atoms with Crippen LogP contribution in [0.2, 0.25) is 0 Å². The molecule has 1 aliphatic heterocycles. The van der Waals surface area contributed by atoms with Crippen LogP contribution in [0.25, 0.3) is 0 Å². The summed E-state index contributed by atoms with van der Waals surface area (Å²) in [7, 11) is 0. The van der Waals surface area contributed by atoms with Gasteiger partial charge < -0.3 is 10.6 Å². The van der Waals surface area contributed by atoms with E-state index in [4.69, 9.17) is 5.73 Å². The lowest BCUT2D eigenvalue weighted by Crippen LogP contribution is -2.49. The second-order valence-corrected chi connectivity index (χ2v) is 5.75. The molecule has 1 aliphatic rings. The molecule has 1 saturated heterocycles. The molecule has 0 aliphatic carbocycles. The number of rotatable bonds is 3. The van der Waals surface area contributed by atoms with E-state index in [9.17, 15) is 9.18 Å². The molecule has 2 unspecified atom stereocenters. The van der Waals surface area contributed by atoms with Crippen molar-refractivity contribution in [3.8, 4) is 0 Å². The van der Waals surface area contributed by atoms with Crippen molar-refractivity contribution >= 4 is 21.8 Å². The predicted octanol–water partition coefficient (Wildman–Crippen LogP) is 2.99. The van der Waals surface area contributed by atoms with Gasteiger partial charge in [0.2, 0.25) is 5.91 Å². The average molecular weight is 329 g/mol. The van der Waals surface area contributed by atoms with Crippen LogP contribution in [0, 0.1) is 5.82 Å². The Labute approximate surface area is 121 Å². The Morgan fingerprint density at radius 2 is 2.26 bits per heavy atom. The fourth-order valence-corrected chi connectivity index (χ4v) is 3.10. The van der Waals surface area contributed by atoms with Gasteiger partial charge in [-0.25, -0.2) is 4.39 Å². The lowest BCUT2D eigenvalue weighted by Gasteiger charge is -2.40. The van der Waals surface area contributed by atoms with Gasteiger partial charge in [-0.05, 0) is 36.6 Å². The number of piperidine rings is 1. The van der Waals surface area contributed by atoms with Gasteiger partial charge in [-0.2, -0.15) is 0 Å². The lowest BCUT2D eigenvalue weighted by molar-refractivity contribution is -0.137. The lowest BCUT2D eigenvalue weighted by atomic mass is 9.90. The van der Waals surface area contributed by atoms with Gasteiger partial charge in [0.25, 0.3) is 0 Å². The van der Waals surface area contributed by atoms with Crippen LogP contribution < -0.4 is 5.73 Å². The van der Waals surface area contributed by atoms with E-state index in [2.05, 4.69) is 15.9 Å². The first-order chi connectivity index (χ1) is 9.04. The zero-order valence-corrected chi connectivity index (χ0v) is 12.5. The van der Waals surface area contributed by atoms with Crippen LogP contribution in [0.3, 0.4) is 0 Å². The van der Waals surface area contributed by atoms with E-state index < -0.39 is 0 Å². The second-order valence-electron chi connectivity index (χ2n) is 4.90. The second kappa shape index (κ2) is 6.01. The summed E-state index contributed by atoms with van der Waals surface area (Å²) < 4.78 is 14.3. The summed E-state index contributed by atoms with van der Waals surface area (Å²) in [4.78, 5) is 13.9. The van der Waals surface area contributed by atoms with Gasteiger partial charge in [0.05, 0.1) is 6.04 Å². The van der Waals surface area contributed by atoms with Gasteiger partial charge in [-0.1, -0.05) is 22.9 Å². The number of nitrogens with zero attached hydrogens (tertiary/aromatic N) is 1. The van der Waals surface area contributed by atoms with Crippen molar-refractivity contribution in [3.63, 3.8) is 0 Å². The van der Waals surface area contributed by atoms with Crippen LogP contribution in [-0.4, -0.2) is 23.4 Å². The SMILES string of the molecule is CCCN1C(=O)CCC(N)C1c1cc(F)ccc1Br. The molecule has 2 N–H and O–H groups in total.